The van der Waals surface area contributed by atoms with Crippen LogP contribution in [0.2, 0.25) is 5.15 Å². The molecule has 0 spiro atoms. The van der Waals surface area contributed by atoms with Crippen LogP contribution in [0.25, 0.3) is 10.9 Å². The van der Waals surface area contributed by atoms with Crippen LogP contribution in [0.1, 0.15) is 25.3 Å². The molecule has 0 saturated carbocycles. The summed E-state index contributed by atoms with van der Waals surface area (Å²) in [6.45, 7) is 6.43. The summed E-state index contributed by atoms with van der Waals surface area (Å²) in [5.74, 6) is 0. The number of hydrogen-bond donors (Lipinski definition) is 1. The van der Waals surface area contributed by atoms with Gasteiger partial charge in [0.15, 0.2) is 0 Å². The zero-order valence-corrected chi connectivity index (χ0v) is 13.2. The average Bonchev–Trinajstić information content (AvgIpc) is 2.95. The quantitative estimate of drug-likeness (QED) is 0.857. The molecule has 3 rings (SSSR count). The molecule has 112 valence electrons. The molecule has 1 saturated heterocycles. The summed E-state index contributed by atoms with van der Waals surface area (Å²) >= 11 is 6.29. The van der Waals surface area contributed by atoms with Crippen molar-refractivity contribution in [2.75, 3.05) is 19.6 Å². The Balaban J connectivity index is 1.64. The average molecular weight is 304 g/mol. The van der Waals surface area contributed by atoms with E-state index in [0.717, 1.165) is 36.1 Å². The highest BCUT2D eigenvalue weighted by atomic mass is 35.5. The lowest BCUT2D eigenvalue weighted by Crippen LogP contribution is -2.37. The Morgan fingerprint density at radius 2 is 2.24 bits per heavy atom. The lowest BCUT2D eigenvalue weighted by atomic mass is 10.1. The Bertz CT molecular complexity index is 614. The molecule has 1 atom stereocenters. The lowest BCUT2D eigenvalue weighted by Gasteiger charge is -2.23. The minimum absolute atomic E-state index is 0.611. The van der Waals surface area contributed by atoms with Gasteiger partial charge < -0.3 is 5.32 Å². The number of aromatic nitrogens is 1. The fourth-order valence-electron chi connectivity index (χ4n) is 3.18. The highest BCUT2D eigenvalue weighted by Crippen LogP contribution is 2.21. The third-order valence-corrected chi connectivity index (χ3v) is 4.68. The zero-order chi connectivity index (χ0) is 14.7. The first-order valence-electron chi connectivity index (χ1n) is 7.77. The normalized spacial score (nSPS) is 19.4. The van der Waals surface area contributed by atoms with E-state index in [1.54, 1.807) is 0 Å². The Hall–Kier alpha value is -1.16. The summed E-state index contributed by atoms with van der Waals surface area (Å²) < 4.78 is 0. The number of pyridine rings is 1. The molecule has 1 aromatic carbocycles. The molecule has 1 aliphatic heterocycles. The van der Waals surface area contributed by atoms with E-state index in [2.05, 4.69) is 34.3 Å². The second kappa shape index (κ2) is 6.73. The third-order valence-electron chi connectivity index (χ3n) is 4.35. The van der Waals surface area contributed by atoms with E-state index in [0.29, 0.717) is 11.2 Å². The first kappa shape index (κ1) is 14.8. The molecule has 1 aromatic heterocycles. The fourth-order valence-corrected chi connectivity index (χ4v) is 3.39. The maximum absolute atomic E-state index is 6.29. The summed E-state index contributed by atoms with van der Waals surface area (Å²) in [5.41, 5.74) is 2.04. The maximum Gasteiger partial charge on any atom is 0.134 e. The van der Waals surface area contributed by atoms with Gasteiger partial charge in [0.05, 0.1) is 5.52 Å². The smallest absolute Gasteiger partial charge is 0.134 e. The number of nitrogens with one attached hydrogen (secondary N) is 1. The Labute approximate surface area is 131 Å². The van der Waals surface area contributed by atoms with Crippen LogP contribution in [0.3, 0.4) is 0 Å². The number of para-hydroxylation sites is 1. The summed E-state index contributed by atoms with van der Waals surface area (Å²) in [4.78, 5) is 7.02. The van der Waals surface area contributed by atoms with Crippen molar-refractivity contribution in [3.63, 3.8) is 0 Å². The number of nitrogens with zero attached hydrogens (tertiary/aromatic N) is 2. The summed E-state index contributed by atoms with van der Waals surface area (Å²) in [6, 6.07) is 10.9. The number of hydrogen-bond acceptors (Lipinski definition) is 3. The predicted octanol–water partition coefficient (Wildman–Crippen LogP) is 3.46. The van der Waals surface area contributed by atoms with Crippen LogP contribution < -0.4 is 5.32 Å². The van der Waals surface area contributed by atoms with Gasteiger partial charge in [0.2, 0.25) is 0 Å². The van der Waals surface area contributed by atoms with Crippen LogP contribution in [-0.2, 0) is 6.54 Å². The molecule has 1 N–H and O–H groups in total. The van der Waals surface area contributed by atoms with E-state index in [1.807, 2.05) is 18.2 Å². The highest BCUT2D eigenvalue weighted by molar-refractivity contribution is 6.30. The second-order valence-corrected chi connectivity index (χ2v) is 6.04. The molecule has 3 nitrogen and oxygen atoms in total. The highest BCUT2D eigenvalue weighted by Gasteiger charge is 2.22. The van der Waals surface area contributed by atoms with Gasteiger partial charge in [0.1, 0.15) is 5.15 Å². The molecule has 1 fully saturated rings. The van der Waals surface area contributed by atoms with Crippen LogP contribution >= 0.6 is 11.6 Å². The van der Waals surface area contributed by atoms with E-state index in [-0.39, 0.29) is 0 Å². The summed E-state index contributed by atoms with van der Waals surface area (Å²) in [7, 11) is 0. The SMILES string of the molecule is CCN1CCCC1CNCc1cc2ccccc2nc1Cl. The van der Waals surface area contributed by atoms with Gasteiger partial charge in [-0.25, -0.2) is 4.98 Å². The summed E-state index contributed by atoms with van der Waals surface area (Å²) in [6.07, 6.45) is 2.61. The molecule has 0 amide bonds. The van der Waals surface area contributed by atoms with Crippen molar-refractivity contribution in [1.29, 1.82) is 0 Å². The van der Waals surface area contributed by atoms with Crippen molar-refractivity contribution in [3.05, 3.63) is 41.0 Å². The number of likely N-dealkylation sites (tertiary alicyclic amines) is 1. The van der Waals surface area contributed by atoms with Gasteiger partial charge in [-0.05, 0) is 38.1 Å². The maximum atomic E-state index is 6.29. The molecule has 2 aromatic rings. The molecular weight excluding hydrogens is 282 g/mol. The van der Waals surface area contributed by atoms with E-state index in [9.17, 15) is 0 Å². The van der Waals surface area contributed by atoms with Gasteiger partial charge in [-0.1, -0.05) is 36.7 Å². The monoisotopic (exact) mass is 303 g/mol. The van der Waals surface area contributed by atoms with Gasteiger partial charge in [0, 0.05) is 30.1 Å². The van der Waals surface area contributed by atoms with Gasteiger partial charge in [-0.2, -0.15) is 0 Å². The lowest BCUT2D eigenvalue weighted by molar-refractivity contribution is 0.260. The van der Waals surface area contributed by atoms with E-state index in [1.165, 1.54) is 19.4 Å². The van der Waals surface area contributed by atoms with Crippen molar-refractivity contribution in [1.82, 2.24) is 15.2 Å². The van der Waals surface area contributed by atoms with Crippen LogP contribution in [0, 0.1) is 0 Å². The Morgan fingerprint density at radius 1 is 1.38 bits per heavy atom. The standard InChI is InChI=1S/C17H22ClN3/c1-2-21-9-5-7-15(21)12-19-11-14-10-13-6-3-4-8-16(13)20-17(14)18/h3-4,6,8,10,15,19H,2,5,7,9,11-12H2,1H3. The minimum Gasteiger partial charge on any atom is -0.311 e. The van der Waals surface area contributed by atoms with Crippen LogP contribution in [0.5, 0.6) is 0 Å². The minimum atomic E-state index is 0.611. The first-order chi connectivity index (χ1) is 10.3. The van der Waals surface area contributed by atoms with Crippen molar-refractivity contribution < 1.29 is 0 Å². The third kappa shape index (κ3) is 3.37. The number of fused-ring (bicyclic) bond motifs is 1. The van der Waals surface area contributed by atoms with Crippen LogP contribution in [0.4, 0.5) is 0 Å². The Morgan fingerprint density at radius 3 is 3.10 bits per heavy atom. The molecule has 0 bridgehead atoms. The number of halogens is 1. The van der Waals surface area contributed by atoms with E-state index in [4.69, 9.17) is 11.6 Å². The van der Waals surface area contributed by atoms with Gasteiger partial charge in [-0.3, -0.25) is 4.90 Å². The molecule has 1 aliphatic rings. The fraction of sp³-hybridized carbons (Fsp3) is 0.471. The summed E-state index contributed by atoms with van der Waals surface area (Å²) in [5, 5.41) is 5.31. The molecule has 0 radical (unpaired) electrons. The van der Waals surface area contributed by atoms with Crippen molar-refractivity contribution in [2.24, 2.45) is 0 Å². The molecule has 4 heteroatoms. The second-order valence-electron chi connectivity index (χ2n) is 5.69. The number of likely N-dealkylation sites (N-methyl/N-ethyl adjacent to an activating group) is 1. The van der Waals surface area contributed by atoms with Crippen LogP contribution in [0.15, 0.2) is 30.3 Å². The molecule has 0 aliphatic carbocycles. The van der Waals surface area contributed by atoms with Crippen molar-refractivity contribution in [2.45, 2.75) is 32.4 Å². The Kier molecular flexibility index (Phi) is 4.73. The number of benzene rings is 1. The molecule has 2 heterocycles. The van der Waals surface area contributed by atoms with E-state index < -0.39 is 0 Å². The van der Waals surface area contributed by atoms with Gasteiger partial charge in [-0.15, -0.1) is 0 Å². The molecule has 1 unspecified atom stereocenters. The number of rotatable bonds is 5. The van der Waals surface area contributed by atoms with E-state index >= 15 is 0 Å². The molecular formula is C17H22ClN3. The van der Waals surface area contributed by atoms with Crippen LogP contribution in [-0.4, -0.2) is 35.6 Å². The van der Waals surface area contributed by atoms with Gasteiger partial charge >= 0.3 is 0 Å². The van der Waals surface area contributed by atoms with Gasteiger partial charge in [0.25, 0.3) is 0 Å². The zero-order valence-electron chi connectivity index (χ0n) is 12.5. The van der Waals surface area contributed by atoms with Crippen molar-refractivity contribution in [3.8, 4) is 0 Å². The first-order valence-corrected chi connectivity index (χ1v) is 8.14. The largest absolute Gasteiger partial charge is 0.311 e. The topological polar surface area (TPSA) is 28.2 Å². The predicted molar refractivity (Wildman–Crippen MR) is 88.7 cm³/mol. The van der Waals surface area contributed by atoms with Crippen molar-refractivity contribution >= 4 is 22.5 Å². The molecule has 21 heavy (non-hydrogen) atoms.